The van der Waals surface area contributed by atoms with Crippen LogP contribution in [0.2, 0.25) is 0 Å². The van der Waals surface area contributed by atoms with Crippen LogP contribution in [0, 0.1) is 13.8 Å². The van der Waals surface area contributed by atoms with E-state index in [0.29, 0.717) is 12.5 Å². The van der Waals surface area contributed by atoms with Gasteiger partial charge in [0.25, 0.3) is 0 Å². The number of hydrogen-bond donors (Lipinski definition) is 0. The first kappa shape index (κ1) is 20.7. The predicted octanol–water partition coefficient (Wildman–Crippen LogP) is 6.27. The van der Waals surface area contributed by atoms with E-state index in [1.807, 2.05) is 0 Å². The van der Waals surface area contributed by atoms with Crippen molar-refractivity contribution in [1.82, 2.24) is 9.88 Å². The minimum absolute atomic E-state index is 0.390. The molecule has 4 aromatic rings. The minimum Gasteiger partial charge on any atom is -0.476 e. The van der Waals surface area contributed by atoms with Gasteiger partial charge in [-0.2, -0.15) is 0 Å². The summed E-state index contributed by atoms with van der Waals surface area (Å²) in [5, 5.41) is 1.23. The van der Waals surface area contributed by atoms with Crippen LogP contribution in [0.25, 0.3) is 10.9 Å². The van der Waals surface area contributed by atoms with Crippen molar-refractivity contribution in [2.45, 2.75) is 32.7 Å². The largest absolute Gasteiger partial charge is 0.476 e. The van der Waals surface area contributed by atoms with Gasteiger partial charge >= 0.3 is 0 Å². The first-order chi connectivity index (χ1) is 15.7. The van der Waals surface area contributed by atoms with E-state index in [4.69, 9.17) is 9.72 Å². The van der Waals surface area contributed by atoms with Gasteiger partial charge in [-0.25, -0.2) is 4.98 Å². The number of benzene rings is 3. The molecule has 0 amide bonds. The number of hydrogen-bond acceptors (Lipinski definition) is 3. The van der Waals surface area contributed by atoms with Crippen molar-refractivity contribution in [2.24, 2.45) is 0 Å². The van der Waals surface area contributed by atoms with E-state index in [2.05, 4.69) is 97.6 Å². The highest BCUT2D eigenvalue weighted by atomic mass is 16.5. The SMILES string of the molecule is Cc1cc(C)c2cc3c(nc2c1)OCCN(CCC(c1ccccc1)c1ccccc1)C3. The summed E-state index contributed by atoms with van der Waals surface area (Å²) in [6, 6.07) is 28.4. The molecule has 1 aromatic heterocycles. The van der Waals surface area contributed by atoms with Gasteiger partial charge in [-0.15, -0.1) is 0 Å². The van der Waals surface area contributed by atoms with Crippen LogP contribution in [-0.4, -0.2) is 29.6 Å². The van der Waals surface area contributed by atoms with Gasteiger partial charge in [0.15, 0.2) is 0 Å². The topological polar surface area (TPSA) is 25.4 Å². The van der Waals surface area contributed by atoms with Crippen LogP contribution in [0.1, 0.15) is 40.2 Å². The Morgan fingerprint density at radius 1 is 0.906 bits per heavy atom. The smallest absolute Gasteiger partial charge is 0.218 e. The summed E-state index contributed by atoms with van der Waals surface area (Å²) < 4.78 is 6.09. The summed E-state index contributed by atoms with van der Waals surface area (Å²) in [5.74, 6) is 1.19. The van der Waals surface area contributed by atoms with E-state index in [1.165, 1.54) is 33.2 Å². The van der Waals surface area contributed by atoms with Gasteiger partial charge in [-0.1, -0.05) is 66.7 Å². The lowest BCUT2D eigenvalue weighted by molar-refractivity contribution is 0.219. The zero-order valence-corrected chi connectivity index (χ0v) is 18.9. The number of ether oxygens (including phenoxy) is 1. The fourth-order valence-corrected chi connectivity index (χ4v) is 4.88. The Kier molecular flexibility index (Phi) is 5.91. The number of nitrogens with zero attached hydrogens (tertiary/aromatic N) is 2. The fraction of sp³-hybridized carbons (Fsp3) is 0.276. The van der Waals surface area contributed by atoms with E-state index >= 15 is 0 Å². The number of rotatable bonds is 5. The highest BCUT2D eigenvalue weighted by molar-refractivity contribution is 5.84. The van der Waals surface area contributed by atoms with E-state index in [0.717, 1.165) is 37.5 Å². The molecule has 0 spiro atoms. The van der Waals surface area contributed by atoms with Crippen molar-refractivity contribution >= 4 is 10.9 Å². The van der Waals surface area contributed by atoms with Crippen molar-refractivity contribution in [3.8, 4) is 5.88 Å². The fourth-order valence-electron chi connectivity index (χ4n) is 4.88. The van der Waals surface area contributed by atoms with Crippen LogP contribution in [-0.2, 0) is 6.54 Å². The van der Waals surface area contributed by atoms with Crippen LogP contribution in [0.15, 0.2) is 78.9 Å². The van der Waals surface area contributed by atoms with Gasteiger partial charge in [0, 0.05) is 30.0 Å². The first-order valence-electron chi connectivity index (χ1n) is 11.5. The first-order valence-corrected chi connectivity index (χ1v) is 11.5. The third kappa shape index (κ3) is 4.39. The van der Waals surface area contributed by atoms with Crippen molar-refractivity contribution < 1.29 is 4.74 Å². The summed E-state index contributed by atoms with van der Waals surface area (Å²) in [6.07, 6.45) is 1.07. The average molecular weight is 423 g/mol. The molecular weight excluding hydrogens is 392 g/mol. The zero-order valence-electron chi connectivity index (χ0n) is 18.9. The molecule has 162 valence electrons. The van der Waals surface area contributed by atoms with Crippen LogP contribution in [0.5, 0.6) is 5.88 Å². The summed E-state index contributed by atoms with van der Waals surface area (Å²) in [6.45, 7) is 7.78. The van der Waals surface area contributed by atoms with Crippen LogP contribution in [0.4, 0.5) is 0 Å². The van der Waals surface area contributed by atoms with E-state index in [-0.39, 0.29) is 0 Å². The summed E-state index contributed by atoms with van der Waals surface area (Å²) >= 11 is 0. The van der Waals surface area contributed by atoms with Gasteiger partial charge in [-0.05, 0) is 61.2 Å². The Morgan fingerprint density at radius 2 is 1.59 bits per heavy atom. The van der Waals surface area contributed by atoms with Crippen LogP contribution >= 0.6 is 0 Å². The molecule has 32 heavy (non-hydrogen) atoms. The van der Waals surface area contributed by atoms with E-state index < -0.39 is 0 Å². The molecule has 3 aromatic carbocycles. The second-order valence-corrected chi connectivity index (χ2v) is 8.89. The van der Waals surface area contributed by atoms with Gasteiger partial charge in [0.05, 0.1) is 5.52 Å². The second kappa shape index (κ2) is 9.13. The lowest BCUT2D eigenvalue weighted by atomic mass is 9.88. The maximum Gasteiger partial charge on any atom is 0.218 e. The quantitative estimate of drug-likeness (QED) is 0.379. The highest BCUT2D eigenvalue weighted by Gasteiger charge is 2.20. The maximum absolute atomic E-state index is 6.09. The van der Waals surface area contributed by atoms with Crippen molar-refractivity contribution in [3.63, 3.8) is 0 Å². The van der Waals surface area contributed by atoms with Crippen molar-refractivity contribution in [2.75, 3.05) is 19.7 Å². The molecule has 1 aliphatic heterocycles. The third-order valence-corrected chi connectivity index (χ3v) is 6.50. The molecule has 0 atom stereocenters. The van der Waals surface area contributed by atoms with E-state index in [1.54, 1.807) is 0 Å². The minimum atomic E-state index is 0.390. The average Bonchev–Trinajstić information content (AvgIpc) is 3.01. The number of aromatic nitrogens is 1. The zero-order chi connectivity index (χ0) is 21.9. The monoisotopic (exact) mass is 422 g/mol. The van der Waals surface area contributed by atoms with Gasteiger partial charge in [0.1, 0.15) is 6.61 Å². The third-order valence-electron chi connectivity index (χ3n) is 6.50. The summed E-state index contributed by atoms with van der Waals surface area (Å²) in [5.41, 5.74) is 7.50. The molecule has 0 N–H and O–H groups in total. The van der Waals surface area contributed by atoms with Crippen molar-refractivity contribution in [3.05, 3.63) is 107 Å². The molecule has 5 rings (SSSR count). The molecule has 0 saturated heterocycles. The van der Waals surface area contributed by atoms with Crippen molar-refractivity contribution in [1.29, 1.82) is 0 Å². The van der Waals surface area contributed by atoms with Crippen LogP contribution in [0.3, 0.4) is 0 Å². The lowest BCUT2D eigenvalue weighted by Crippen LogP contribution is -2.28. The Morgan fingerprint density at radius 3 is 2.28 bits per heavy atom. The summed E-state index contributed by atoms with van der Waals surface area (Å²) in [4.78, 5) is 7.39. The number of aryl methyl sites for hydroxylation is 2. The number of fused-ring (bicyclic) bond motifs is 2. The summed E-state index contributed by atoms with van der Waals surface area (Å²) in [7, 11) is 0. The van der Waals surface area contributed by atoms with Gasteiger partial charge < -0.3 is 4.74 Å². The Hall–Kier alpha value is -3.17. The van der Waals surface area contributed by atoms with Crippen LogP contribution < -0.4 is 4.74 Å². The number of pyridine rings is 1. The standard InChI is InChI=1S/C29H30N2O/c1-21-17-22(2)27-19-25-20-31(15-16-32-29(25)30-28(27)18-21)14-13-26(23-9-5-3-6-10-23)24-11-7-4-8-12-24/h3-12,17-19,26H,13-16,20H2,1-2H3. The lowest BCUT2D eigenvalue weighted by Gasteiger charge is -2.24. The van der Waals surface area contributed by atoms with Gasteiger partial charge in [-0.3, -0.25) is 4.90 Å². The molecular formula is C29H30N2O. The maximum atomic E-state index is 6.09. The molecule has 0 aliphatic carbocycles. The molecule has 2 heterocycles. The predicted molar refractivity (Wildman–Crippen MR) is 131 cm³/mol. The molecule has 0 saturated carbocycles. The Balaban J connectivity index is 1.38. The molecule has 1 aliphatic rings. The highest BCUT2D eigenvalue weighted by Crippen LogP contribution is 2.31. The molecule has 3 nitrogen and oxygen atoms in total. The Labute approximate surface area is 190 Å². The normalized spacial score (nSPS) is 14.2. The molecule has 0 bridgehead atoms. The molecule has 0 unspecified atom stereocenters. The second-order valence-electron chi connectivity index (χ2n) is 8.89. The molecule has 0 fully saturated rings. The molecule has 3 heteroatoms. The Bertz CT molecular complexity index is 1160. The van der Waals surface area contributed by atoms with Gasteiger partial charge in [0.2, 0.25) is 5.88 Å². The van der Waals surface area contributed by atoms with E-state index in [9.17, 15) is 0 Å². The molecule has 0 radical (unpaired) electrons.